The second kappa shape index (κ2) is 6.68. The van der Waals surface area contributed by atoms with Gasteiger partial charge in [0.2, 0.25) is 0 Å². The van der Waals surface area contributed by atoms with Gasteiger partial charge in [-0.2, -0.15) is 0 Å². The summed E-state index contributed by atoms with van der Waals surface area (Å²) in [4.78, 5) is 8.71. The van der Waals surface area contributed by atoms with E-state index in [4.69, 9.17) is 9.72 Å². The normalized spacial score (nSPS) is 18.7. The highest BCUT2D eigenvalue weighted by atomic mass is 32.1. The Kier molecular flexibility index (Phi) is 5.19. The molecule has 0 radical (unpaired) electrons. The van der Waals surface area contributed by atoms with Gasteiger partial charge in [0.25, 0.3) is 0 Å². The fourth-order valence-electron chi connectivity index (χ4n) is 2.57. The minimum atomic E-state index is 0.435. The van der Waals surface area contributed by atoms with Crippen LogP contribution in [0.1, 0.15) is 43.3 Å². The molecule has 1 aliphatic rings. The Labute approximate surface area is 120 Å². The third-order valence-electron chi connectivity index (χ3n) is 3.70. The molecule has 1 unspecified atom stereocenters. The molecule has 1 aliphatic carbocycles. The molecule has 4 nitrogen and oxygen atoms in total. The van der Waals surface area contributed by atoms with Crippen LogP contribution in [0.5, 0.6) is 0 Å². The Morgan fingerprint density at radius 2 is 2.32 bits per heavy atom. The summed E-state index contributed by atoms with van der Waals surface area (Å²) < 4.78 is 5.21. The number of aryl methyl sites for hydroxylation is 1. The predicted molar refractivity (Wildman–Crippen MR) is 81.2 cm³/mol. The third kappa shape index (κ3) is 3.27. The van der Waals surface area contributed by atoms with Crippen LogP contribution in [0.4, 0.5) is 5.13 Å². The summed E-state index contributed by atoms with van der Waals surface area (Å²) in [5.41, 5.74) is 1.27. The molecule has 0 aliphatic heterocycles. The molecule has 1 heterocycles. The standard InChI is InChI=1S/C14H25N3OS/c1-10(2)17(8-9-18-4)14-16-13-11(15-3)6-5-7-12(13)19-14/h10-11,15H,5-9H2,1-4H3. The summed E-state index contributed by atoms with van der Waals surface area (Å²) in [6, 6.07) is 0.890. The summed E-state index contributed by atoms with van der Waals surface area (Å²) in [5, 5.41) is 4.54. The molecule has 1 atom stereocenters. The smallest absolute Gasteiger partial charge is 0.186 e. The number of anilines is 1. The lowest BCUT2D eigenvalue weighted by atomic mass is 9.98. The molecule has 0 saturated heterocycles. The van der Waals surface area contributed by atoms with Crippen molar-refractivity contribution in [3.63, 3.8) is 0 Å². The maximum absolute atomic E-state index is 5.21. The van der Waals surface area contributed by atoms with E-state index in [2.05, 4.69) is 24.1 Å². The topological polar surface area (TPSA) is 37.4 Å². The van der Waals surface area contributed by atoms with Gasteiger partial charge in [-0.15, -0.1) is 11.3 Å². The zero-order valence-electron chi connectivity index (χ0n) is 12.4. The number of hydrogen-bond donors (Lipinski definition) is 1. The van der Waals surface area contributed by atoms with Gasteiger partial charge in [-0.1, -0.05) is 0 Å². The molecule has 0 aromatic carbocycles. The van der Waals surface area contributed by atoms with Crippen LogP contribution in [0.25, 0.3) is 0 Å². The first-order valence-electron chi connectivity index (χ1n) is 7.09. The highest BCUT2D eigenvalue weighted by Gasteiger charge is 2.25. The lowest BCUT2D eigenvalue weighted by Gasteiger charge is -2.25. The van der Waals surface area contributed by atoms with Crippen LogP contribution in [-0.4, -0.2) is 38.3 Å². The molecule has 19 heavy (non-hydrogen) atoms. The highest BCUT2D eigenvalue weighted by Crippen LogP contribution is 2.36. The van der Waals surface area contributed by atoms with E-state index in [1.807, 2.05) is 18.4 Å². The van der Waals surface area contributed by atoms with E-state index in [1.165, 1.54) is 29.8 Å². The van der Waals surface area contributed by atoms with Crippen molar-refractivity contribution in [3.8, 4) is 0 Å². The number of methoxy groups -OCH3 is 1. The van der Waals surface area contributed by atoms with Crippen LogP contribution < -0.4 is 10.2 Å². The Morgan fingerprint density at radius 3 is 2.95 bits per heavy atom. The van der Waals surface area contributed by atoms with E-state index >= 15 is 0 Å². The van der Waals surface area contributed by atoms with Crippen LogP contribution in [-0.2, 0) is 11.2 Å². The van der Waals surface area contributed by atoms with Crippen molar-refractivity contribution in [2.24, 2.45) is 0 Å². The molecule has 2 rings (SSSR count). The second-order valence-electron chi connectivity index (χ2n) is 5.32. The van der Waals surface area contributed by atoms with Crippen molar-refractivity contribution >= 4 is 16.5 Å². The van der Waals surface area contributed by atoms with Crippen molar-refractivity contribution in [1.29, 1.82) is 0 Å². The fraction of sp³-hybridized carbons (Fsp3) is 0.786. The summed E-state index contributed by atoms with van der Waals surface area (Å²) >= 11 is 1.86. The first-order chi connectivity index (χ1) is 9.17. The van der Waals surface area contributed by atoms with Crippen molar-refractivity contribution in [3.05, 3.63) is 10.6 Å². The van der Waals surface area contributed by atoms with Gasteiger partial charge in [0, 0.05) is 24.6 Å². The first-order valence-corrected chi connectivity index (χ1v) is 7.91. The quantitative estimate of drug-likeness (QED) is 0.871. The van der Waals surface area contributed by atoms with Crippen LogP contribution in [0.2, 0.25) is 0 Å². The molecule has 0 saturated carbocycles. The summed E-state index contributed by atoms with van der Waals surface area (Å²) in [7, 11) is 3.78. The van der Waals surface area contributed by atoms with Gasteiger partial charge < -0.3 is 15.0 Å². The van der Waals surface area contributed by atoms with Crippen LogP contribution in [0, 0.1) is 0 Å². The average molecular weight is 283 g/mol. The van der Waals surface area contributed by atoms with E-state index in [0.29, 0.717) is 12.1 Å². The van der Waals surface area contributed by atoms with E-state index < -0.39 is 0 Å². The monoisotopic (exact) mass is 283 g/mol. The van der Waals surface area contributed by atoms with Gasteiger partial charge in [-0.25, -0.2) is 4.98 Å². The molecule has 0 bridgehead atoms. The molecular weight excluding hydrogens is 258 g/mol. The first kappa shape index (κ1) is 14.8. The lowest BCUT2D eigenvalue weighted by molar-refractivity contribution is 0.204. The van der Waals surface area contributed by atoms with Gasteiger partial charge in [-0.05, 0) is 40.2 Å². The van der Waals surface area contributed by atoms with Crippen molar-refractivity contribution in [2.75, 3.05) is 32.2 Å². The Balaban J connectivity index is 2.21. The molecule has 0 amide bonds. The molecule has 5 heteroatoms. The SMILES string of the molecule is CNC1CCCc2sc(N(CCOC)C(C)C)nc21. The number of fused-ring (bicyclic) bond motifs is 1. The fourth-order valence-corrected chi connectivity index (χ4v) is 3.90. The predicted octanol–water partition coefficient (Wildman–Crippen LogP) is 2.60. The molecule has 0 spiro atoms. The zero-order chi connectivity index (χ0) is 13.8. The third-order valence-corrected chi connectivity index (χ3v) is 4.86. The van der Waals surface area contributed by atoms with Crippen LogP contribution in [0.15, 0.2) is 0 Å². The average Bonchev–Trinajstić information content (AvgIpc) is 2.82. The molecule has 1 aromatic heterocycles. The van der Waals surface area contributed by atoms with Crippen LogP contribution >= 0.6 is 11.3 Å². The van der Waals surface area contributed by atoms with Gasteiger partial charge >= 0.3 is 0 Å². The zero-order valence-corrected chi connectivity index (χ0v) is 13.2. The van der Waals surface area contributed by atoms with Gasteiger partial charge in [0.1, 0.15) is 0 Å². The second-order valence-corrected chi connectivity index (χ2v) is 6.38. The number of nitrogens with one attached hydrogen (secondary N) is 1. The number of hydrogen-bond acceptors (Lipinski definition) is 5. The van der Waals surface area contributed by atoms with Crippen LogP contribution in [0.3, 0.4) is 0 Å². The molecule has 1 aromatic rings. The number of rotatable bonds is 6. The van der Waals surface area contributed by atoms with Crippen molar-refractivity contribution < 1.29 is 4.74 Å². The molecule has 0 fully saturated rings. The minimum Gasteiger partial charge on any atom is -0.383 e. The van der Waals surface area contributed by atoms with E-state index in [0.717, 1.165) is 18.3 Å². The van der Waals surface area contributed by atoms with Gasteiger partial charge in [0.15, 0.2) is 5.13 Å². The van der Waals surface area contributed by atoms with E-state index in [9.17, 15) is 0 Å². The number of ether oxygens (including phenoxy) is 1. The molecule has 1 N–H and O–H groups in total. The number of nitrogens with zero attached hydrogens (tertiary/aromatic N) is 2. The molecular formula is C14H25N3OS. The summed E-state index contributed by atoms with van der Waals surface area (Å²) in [6.45, 7) is 6.08. The lowest BCUT2D eigenvalue weighted by Crippen LogP contribution is -2.33. The van der Waals surface area contributed by atoms with Gasteiger partial charge in [-0.3, -0.25) is 0 Å². The highest BCUT2D eigenvalue weighted by molar-refractivity contribution is 7.15. The largest absolute Gasteiger partial charge is 0.383 e. The summed E-state index contributed by atoms with van der Waals surface area (Å²) in [6.07, 6.45) is 3.65. The minimum absolute atomic E-state index is 0.435. The van der Waals surface area contributed by atoms with Crippen molar-refractivity contribution in [1.82, 2.24) is 10.3 Å². The maximum atomic E-state index is 5.21. The Bertz CT molecular complexity index is 405. The van der Waals surface area contributed by atoms with Crippen molar-refractivity contribution in [2.45, 2.75) is 45.2 Å². The number of aromatic nitrogens is 1. The number of thiazole rings is 1. The maximum Gasteiger partial charge on any atom is 0.186 e. The Hall–Kier alpha value is -0.650. The van der Waals surface area contributed by atoms with E-state index in [-0.39, 0.29) is 0 Å². The Morgan fingerprint density at radius 1 is 1.53 bits per heavy atom. The summed E-state index contributed by atoms with van der Waals surface area (Å²) in [5.74, 6) is 0. The van der Waals surface area contributed by atoms with Gasteiger partial charge in [0.05, 0.1) is 18.3 Å². The van der Waals surface area contributed by atoms with E-state index in [1.54, 1.807) is 7.11 Å². The molecule has 108 valence electrons.